The monoisotopic (exact) mass is 763 g/mol. The van der Waals surface area contributed by atoms with Crippen LogP contribution in [0.25, 0.3) is 84.3 Å². The lowest BCUT2D eigenvalue weighted by Crippen LogP contribution is -2.15. The third-order valence-corrected chi connectivity index (χ3v) is 13.5. The minimum Gasteiger partial charge on any atom is -0.438 e. The number of aliphatic imine (C=N–C) groups is 2. The summed E-state index contributed by atoms with van der Waals surface area (Å²) in [6.07, 6.45) is -0.373. The fourth-order valence-electron chi connectivity index (χ4n) is 8.49. The molecule has 0 radical (unpaired) electrons. The van der Waals surface area contributed by atoms with Crippen LogP contribution in [-0.2, 0) is 0 Å². The van der Waals surface area contributed by atoms with Crippen LogP contribution in [0.4, 0.5) is 0 Å². The molecule has 0 amide bonds. The summed E-state index contributed by atoms with van der Waals surface area (Å²) in [5, 5.41) is 12.7. The molecule has 1 atom stereocenters. The van der Waals surface area contributed by atoms with E-state index in [9.17, 15) is 0 Å². The van der Waals surface area contributed by atoms with E-state index >= 15 is 0 Å². The van der Waals surface area contributed by atoms with E-state index in [1.165, 1.54) is 73.3 Å². The normalized spacial score (nSPS) is 14.5. The average Bonchev–Trinajstić information content (AvgIpc) is 3.96. The van der Waals surface area contributed by atoms with Crippen LogP contribution in [-0.4, -0.2) is 16.2 Å². The van der Waals surface area contributed by atoms with Gasteiger partial charge >= 0.3 is 0 Å². The molecule has 4 heterocycles. The smallest absolute Gasteiger partial charge is 0.0822 e. The number of amidine groups is 2. The van der Waals surface area contributed by atoms with Crippen molar-refractivity contribution >= 4 is 96.5 Å². The summed E-state index contributed by atoms with van der Waals surface area (Å²) in [6.45, 7) is 0. The molecule has 3 aromatic heterocycles. The highest BCUT2D eigenvalue weighted by Crippen LogP contribution is 2.45. The number of fused-ring (bicyclic) bond motifs is 10. The Kier molecular flexibility index (Phi) is 7.30. The summed E-state index contributed by atoms with van der Waals surface area (Å²) in [4.78, 5) is 10.1. The van der Waals surface area contributed by atoms with Gasteiger partial charge in [0, 0.05) is 56.8 Å². The zero-order valence-electron chi connectivity index (χ0n) is 30.5. The van der Waals surface area contributed by atoms with Gasteiger partial charge in [0.05, 0.1) is 23.0 Å². The van der Waals surface area contributed by atoms with Crippen molar-refractivity contribution in [2.75, 3.05) is 0 Å². The molecular formula is C51H31N4S2-. The summed E-state index contributed by atoms with van der Waals surface area (Å²) in [5.74, 6) is 1.37. The number of thiophene rings is 2. The lowest BCUT2D eigenvalue weighted by atomic mass is 10.00. The van der Waals surface area contributed by atoms with Gasteiger partial charge in [-0.3, -0.25) is 4.99 Å². The average molecular weight is 764 g/mol. The highest BCUT2D eigenvalue weighted by Gasteiger charge is 2.20. The van der Waals surface area contributed by atoms with Crippen molar-refractivity contribution in [3.8, 4) is 16.8 Å². The molecule has 268 valence electrons. The van der Waals surface area contributed by atoms with Gasteiger partial charge in [-0.15, -0.1) is 22.7 Å². The van der Waals surface area contributed by atoms with Crippen LogP contribution in [0.3, 0.4) is 0 Å². The number of para-hydroxylation sites is 1. The van der Waals surface area contributed by atoms with E-state index < -0.39 is 0 Å². The number of hydrogen-bond donors (Lipinski definition) is 0. The Morgan fingerprint density at radius 1 is 0.456 bits per heavy atom. The van der Waals surface area contributed by atoms with E-state index in [0.717, 1.165) is 22.4 Å². The predicted molar refractivity (Wildman–Crippen MR) is 244 cm³/mol. The van der Waals surface area contributed by atoms with Crippen molar-refractivity contribution in [3.05, 3.63) is 204 Å². The summed E-state index contributed by atoms with van der Waals surface area (Å²) in [6, 6.07) is 65.2. The quantitative estimate of drug-likeness (QED) is 0.168. The van der Waals surface area contributed by atoms with Crippen molar-refractivity contribution in [3.63, 3.8) is 0 Å². The number of nitrogens with zero attached hydrogens (tertiary/aromatic N) is 4. The highest BCUT2D eigenvalue weighted by molar-refractivity contribution is 7.26. The van der Waals surface area contributed by atoms with Gasteiger partial charge in [0.15, 0.2) is 0 Å². The summed E-state index contributed by atoms with van der Waals surface area (Å²) < 4.78 is 7.67. The van der Waals surface area contributed by atoms with Crippen LogP contribution in [0.15, 0.2) is 192 Å². The van der Waals surface area contributed by atoms with E-state index in [1.54, 1.807) is 0 Å². The molecule has 11 aromatic rings. The molecule has 4 nitrogen and oxygen atoms in total. The molecule has 0 N–H and O–H groups in total. The predicted octanol–water partition coefficient (Wildman–Crippen LogP) is 14.5. The van der Waals surface area contributed by atoms with Crippen LogP contribution in [0.2, 0.25) is 0 Å². The Balaban J connectivity index is 1.02. The van der Waals surface area contributed by atoms with Crippen LogP contribution in [0.5, 0.6) is 0 Å². The van der Waals surface area contributed by atoms with E-state index in [0.29, 0.717) is 11.7 Å². The Bertz CT molecular complexity index is 3430. The van der Waals surface area contributed by atoms with Crippen LogP contribution in [0.1, 0.15) is 22.9 Å². The van der Waals surface area contributed by atoms with Crippen LogP contribution < -0.4 is 0 Å². The molecule has 8 aromatic carbocycles. The standard InChI is InChI=1S/C51H31N4S2/c1-3-11-31(12-4-1)49-52-50(32-13-5-2-6-14-32)54-51(53-49)33-19-23-36(24-20-33)55-42-17-9-7-15-37(42)39-25-28-46-47(48(39)55)41-30-35(22-27-45(41)57-46)34-21-26-44-40(29-34)38-16-8-10-18-43(38)56-44/h1-30,49H/q-1. The van der Waals surface area contributed by atoms with Crippen LogP contribution in [0, 0.1) is 0 Å². The van der Waals surface area contributed by atoms with Crippen molar-refractivity contribution in [1.82, 2.24) is 4.57 Å². The Labute approximate surface area is 336 Å². The SMILES string of the molecule is c1ccc(C2=NC(c3ccc(-n4c5ccccc5c5ccc6sc7ccc(-c8ccc9sc%10ccccc%10c9c8)cc7c6c54)cc3)=NC(c3ccccc3)[N-]2)cc1. The minimum absolute atomic E-state index is 0.373. The first-order valence-corrected chi connectivity index (χ1v) is 20.8. The van der Waals surface area contributed by atoms with Gasteiger partial charge in [0.1, 0.15) is 0 Å². The molecule has 1 unspecified atom stereocenters. The fraction of sp³-hybridized carbons (Fsp3) is 0.0196. The summed E-state index contributed by atoms with van der Waals surface area (Å²) in [7, 11) is 0. The number of aromatic nitrogens is 1. The van der Waals surface area contributed by atoms with E-state index in [2.05, 4.69) is 150 Å². The van der Waals surface area contributed by atoms with Gasteiger partial charge in [-0.2, -0.15) is 0 Å². The van der Waals surface area contributed by atoms with Crippen LogP contribution >= 0.6 is 22.7 Å². The summed E-state index contributed by atoms with van der Waals surface area (Å²) in [5.41, 5.74) is 8.94. The third-order valence-electron chi connectivity index (χ3n) is 11.2. The lowest BCUT2D eigenvalue weighted by molar-refractivity contribution is 0.878. The van der Waals surface area contributed by atoms with Gasteiger partial charge in [0.2, 0.25) is 0 Å². The van der Waals surface area contributed by atoms with Gasteiger partial charge in [-0.25, -0.2) is 0 Å². The van der Waals surface area contributed by atoms with Gasteiger partial charge in [-0.05, 0) is 82.4 Å². The zero-order valence-corrected chi connectivity index (χ0v) is 32.1. The Morgan fingerprint density at radius 2 is 1.07 bits per heavy atom. The first-order valence-electron chi connectivity index (χ1n) is 19.1. The molecule has 6 heteroatoms. The molecule has 0 saturated heterocycles. The lowest BCUT2D eigenvalue weighted by Gasteiger charge is -2.32. The summed E-state index contributed by atoms with van der Waals surface area (Å²) >= 11 is 3.73. The molecule has 12 rings (SSSR count). The molecule has 0 spiro atoms. The number of benzene rings is 8. The Morgan fingerprint density at radius 3 is 1.88 bits per heavy atom. The maximum Gasteiger partial charge on any atom is 0.0822 e. The fourth-order valence-corrected chi connectivity index (χ4v) is 10.7. The topological polar surface area (TPSA) is 43.8 Å². The minimum atomic E-state index is -0.373. The maximum absolute atomic E-state index is 5.08. The maximum atomic E-state index is 5.08. The highest BCUT2D eigenvalue weighted by atomic mass is 32.1. The molecule has 0 fully saturated rings. The first kappa shape index (κ1) is 32.4. The van der Waals surface area contributed by atoms with E-state index in [4.69, 9.17) is 15.3 Å². The molecule has 0 aliphatic carbocycles. The second-order valence-corrected chi connectivity index (χ2v) is 16.7. The molecular weight excluding hydrogens is 733 g/mol. The molecule has 0 saturated carbocycles. The number of hydrogen-bond acceptors (Lipinski definition) is 4. The largest absolute Gasteiger partial charge is 0.438 e. The second-order valence-electron chi connectivity index (χ2n) is 14.5. The van der Waals surface area contributed by atoms with Crippen molar-refractivity contribution < 1.29 is 0 Å². The third kappa shape index (κ3) is 5.26. The van der Waals surface area contributed by atoms with Crippen molar-refractivity contribution in [2.24, 2.45) is 9.98 Å². The molecule has 0 bridgehead atoms. The van der Waals surface area contributed by atoms with Gasteiger partial charge < -0.3 is 14.9 Å². The Hall–Kier alpha value is -6.86. The number of rotatable bonds is 5. The molecule has 57 heavy (non-hydrogen) atoms. The molecule has 1 aliphatic heterocycles. The van der Waals surface area contributed by atoms with E-state index in [-0.39, 0.29) is 6.17 Å². The van der Waals surface area contributed by atoms with E-state index in [1.807, 2.05) is 59.1 Å². The first-order chi connectivity index (χ1) is 28.2. The zero-order chi connectivity index (χ0) is 37.5. The van der Waals surface area contributed by atoms with Crippen molar-refractivity contribution in [2.45, 2.75) is 6.17 Å². The van der Waals surface area contributed by atoms with Gasteiger partial charge in [-0.1, -0.05) is 133 Å². The molecule has 1 aliphatic rings. The second kappa shape index (κ2) is 12.8. The van der Waals surface area contributed by atoms with Crippen molar-refractivity contribution in [1.29, 1.82) is 0 Å². The van der Waals surface area contributed by atoms with Gasteiger partial charge in [0.25, 0.3) is 0 Å².